The third-order valence-electron chi connectivity index (χ3n) is 8.11. The highest BCUT2D eigenvalue weighted by atomic mass is 16.2. The lowest BCUT2D eigenvalue weighted by Gasteiger charge is -2.50. The molecule has 1 aromatic carbocycles. The molecule has 2 saturated heterocycles. The number of rotatable bonds is 3. The van der Waals surface area contributed by atoms with Crippen LogP contribution in [0, 0.1) is 5.41 Å². The molecule has 0 radical (unpaired) electrons. The number of carbonyl (C=O) groups excluding carboxylic acids is 2. The van der Waals surface area contributed by atoms with E-state index in [0.29, 0.717) is 5.82 Å². The summed E-state index contributed by atoms with van der Waals surface area (Å²) in [6.07, 6.45) is 9.48. The quantitative estimate of drug-likeness (QED) is 0.764. The number of aromatic nitrogens is 2. The highest BCUT2D eigenvalue weighted by Crippen LogP contribution is 2.55. The summed E-state index contributed by atoms with van der Waals surface area (Å²) in [6.45, 7) is 4.03. The molecule has 1 aliphatic carbocycles. The van der Waals surface area contributed by atoms with Crippen molar-refractivity contribution < 1.29 is 9.59 Å². The van der Waals surface area contributed by atoms with Gasteiger partial charge in [0.05, 0.1) is 12.1 Å². The Labute approximate surface area is 184 Å². The van der Waals surface area contributed by atoms with Gasteiger partial charge in [0.1, 0.15) is 0 Å². The molecule has 3 aliphatic rings. The first-order valence-electron chi connectivity index (χ1n) is 11.5. The van der Waals surface area contributed by atoms with Crippen molar-refractivity contribution >= 4 is 11.8 Å². The predicted octanol–water partition coefficient (Wildman–Crippen LogP) is 3.43. The molecule has 2 amide bonds. The third-order valence-corrected chi connectivity index (χ3v) is 8.11. The number of nitrogens with zero attached hydrogens (tertiary/aromatic N) is 4. The van der Waals surface area contributed by atoms with E-state index in [1.165, 1.54) is 5.56 Å². The van der Waals surface area contributed by atoms with Gasteiger partial charge in [-0.15, -0.1) is 0 Å². The molecule has 2 aliphatic heterocycles. The molecule has 164 valence electrons. The van der Waals surface area contributed by atoms with Crippen LogP contribution in [0.25, 0.3) is 0 Å². The molecular weight excluding hydrogens is 388 g/mol. The van der Waals surface area contributed by atoms with Crippen molar-refractivity contribution in [1.82, 2.24) is 19.4 Å². The van der Waals surface area contributed by atoms with E-state index >= 15 is 0 Å². The molecular formula is C25H32N4O2. The minimum Gasteiger partial charge on any atom is -0.334 e. The third kappa shape index (κ3) is 3.10. The van der Waals surface area contributed by atoms with E-state index in [9.17, 15) is 9.59 Å². The molecule has 31 heavy (non-hydrogen) atoms. The van der Waals surface area contributed by atoms with Crippen molar-refractivity contribution in [1.29, 1.82) is 0 Å². The van der Waals surface area contributed by atoms with Crippen LogP contribution in [0.2, 0.25) is 0 Å². The molecule has 5 rings (SSSR count). The highest BCUT2D eigenvalue weighted by molar-refractivity contribution is 5.92. The Bertz CT molecular complexity index is 986. The minimum absolute atomic E-state index is 0.00899. The Morgan fingerprint density at radius 1 is 1.10 bits per heavy atom. The lowest BCUT2D eigenvalue weighted by molar-refractivity contribution is -0.141. The first-order chi connectivity index (χ1) is 14.9. The molecule has 2 aromatic rings. The van der Waals surface area contributed by atoms with E-state index < -0.39 is 0 Å². The second-order valence-corrected chi connectivity index (χ2v) is 9.85. The number of amides is 2. The maximum Gasteiger partial charge on any atom is 0.290 e. The molecule has 5 atom stereocenters. The normalized spacial score (nSPS) is 32.1. The fourth-order valence-corrected chi connectivity index (χ4v) is 6.78. The molecule has 0 unspecified atom stereocenters. The van der Waals surface area contributed by atoms with E-state index in [1.54, 1.807) is 13.1 Å². The van der Waals surface area contributed by atoms with Crippen molar-refractivity contribution in [2.45, 2.75) is 76.5 Å². The number of piperidine rings is 1. The molecule has 0 spiro atoms. The standard InChI is InChI=1S/C25H32N4O2/c1-17(30)28-19(15-18-9-5-4-6-10-18)20-16-25(2)21(28)11-7-8-12-22(25)29(20)24(31)23-26-13-14-27(23)3/h4-6,9-10,13-14,19-22H,7-8,11-12,15-16H2,1-3H3/t19-,20-,21+,22-,25+/m0/s1. The van der Waals surface area contributed by atoms with E-state index in [2.05, 4.69) is 46.0 Å². The van der Waals surface area contributed by atoms with Crippen molar-refractivity contribution in [3.63, 3.8) is 0 Å². The van der Waals surface area contributed by atoms with Crippen molar-refractivity contribution in [2.75, 3.05) is 0 Å². The number of fused-ring (bicyclic) bond motifs is 1. The van der Waals surface area contributed by atoms with Gasteiger partial charge in [0.25, 0.3) is 5.91 Å². The summed E-state index contributed by atoms with van der Waals surface area (Å²) >= 11 is 0. The summed E-state index contributed by atoms with van der Waals surface area (Å²) in [4.78, 5) is 35.6. The van der Waals surface area contributed by atoms with Crippen molar-refractivity contribution in [3.8, 4) is 0 Å². The predicted molar refractivity (Wildman–Crippen MR) is 118 cm³/mol. The lowest BCUT2D eigenvalue weighted by Crippen LogP contribution is -2.61. The van der Waals surface area contributed by atoms with Gasteiger partial charge in [0.2, 0.25) is 5.91 Å². The Morgan fingerprint density at radius 3 is 2.39 bits per heavy atom. The number of hydrogen-bond donors (Lipinski definition) is 0. The average molecular weight is 421 g/mol. The van der Waals surface area contributed by atoms with Gasteiger partial charge >= 0.3 is 0 Å². The Balaban J connectivity index is 1.62. The van der Waals surface area contributed by atoms with Gasteiger partial charge in [-0.25, -0.2) is 4.98 Å². The SMILES string of the molecule is CC(=O)N1[C@@H](Cc2ccccc2)[C@@H]2C[C@@]3(C)[C@H](CCCC[C@@H]13)N2C(=O)c1nccn1C. The minimum atomic E-state index is -0.0686. The van der Waals surface area contributed by atoms with Crippen molar-refractivity contribution in [2.24, 2.45) is 12.5 Å². The van der Waals surface area contributed by atoms with Gasteiger partial charge in [-0.05, 0) is 31.2 Å². The van der Waals surface area contributed by atoms with Crippen LogP contribution in [0.3, 0.4) is 0 Å². The van der Waals surface area contributed by atoms with Gasteiger partial charge < -0.3 is 14.4 Å². The van der Waals surface area contributed by atoms with E-state index in [-0.39, 0.29) is 41.4 Å². The number of benzene rings is 1. The van der Waals surface area contributed by atoms with Gasteiger partial charge in [0.15, 0.2) is 5.82 Å². The second kappa shape index (κ2) is 7.50. The topological polar surface area (TPSA) is 58.4 Å². The largest absolute Gasteiger partial charge is 0.334 e. The van der Waals surface area contributed by atoms with Crippen LogP contribution in [0.1, 0.15) is 62.1 Å². The summed E-state index contributed by atoms with van der Waals surface area (Å²) in [5.74, 6) is 0.633. The molecule has 3 fully saturated rings. The zero-order chi connectivity index (χ0) is 21.8. The van der Waals surface area contributed by atoms with Crippen LogP contribution >= 0.6 is 0 Å². The Hall–Kier alpha value is -2.63. The smallest absolute Gasteiger partial charge is 0.290 e. The molecule has 1 saturated carbocycles. The second-order valence-electron chi connectivity index (χ2n) is 9.85. The molecule has 0 N–H and O–H groups in total. The summed E-state index contributed by atoms with van der Waals surface area (Å²) in [7, 11) is 1.88. The number of aryl methyl sites for hydroxylation is 1. The fraction of sp³-hybridized carbons (Fsp3) is 0.560. The zero-order valence-electron chi connectivity index (χ0n) is 18.7. The summed E-state index contributed by atoms with van der Waals surface area (Å²) < 4.78 is 1.82. The van der Waals surface area contributed by atoms with Gasteiger partial charge in [-0.2, -0.15) is 0 Å². The molecule has 2 bridgehead atoms. The first-order valence-corrected chi connectivity index (χ1v) is 11.5. The maximum atomic E-state index is 13.8. The van der Waals surface area contributed by atoms with Crippen LogP contribution in [-0.2, 0) is 18.3 Å². The van der Waals surface area contributed by atoms with Crippen LogP contribution in [0.4, 0.5) is 0 Å². The maximum absolute atomic E-state index is 13.8. The van der Waals surface area contributed by atoms with E-state index in [4.69, 9.17) is 0 Å². The zero-order valence-corrected chi connectivity index (χ0v) is 18.7. The summed E-state index contributed by atoms with van der Waals surface area (Å²) in [5, 5.41) is 0. The lowest BCUT2D eigenvalue weighted by atomic mass is 9.69. The highest BCUT2D eigenvalue weighted by Gasteiger charge is 2.63. The monoisotopic (exact) mass is 420 g/mol. The van der Waals surface area contributed by atoms with Crippen LogP contribution < -0.4 is 0 Å². The van der Waals surface area contributed by atoms with Gasteiger partial charge in [0, 0.05) is 43.9 Å². The van der Waals surface area contributed by atoms with E-state index in [0.717, 1.165) is 38.5 Å². The molecule has 6 heteroatoms. The summed E-state index contributed by atoms with van der Waals surface area (Å²) in [6, 6.07) is 10.7. The Morgan fingerprint density at radius 2 is 1.77 bits per heavy atom. The number of carbonyl (C=O) groups is 2. The number of likely N-dealkylation sites (tertiary alicyclic amines) is 2. The van der Waals surface area contributed by atoms with Crippen LogP contribution in [-0.4, -0.2) is 55.3 Å². The molecule has 1 aromatic heterocycles. The van der Waals surface area contributed by atoms with Gasteiger partial charge in [-0.3, -0.25) is 9.59 Å². The summed E-state index contributed by atoms with van der Waals surface area (Å²) in [5.41, 5.74) is 1.15. The molecule has 6 nitrogen and oxygen atoms in total. The van der Waals surface area contributed by atoms with Crippen molar-refractivity contribution in [3.05, 3.63) is 54.1 Å². The molecule has 3 heterocycles. The van der Waals surface area contributed by atoms with Gasteiger partial charge in [-0.1, -0.05) is 50.1 Å². The Kier molecular flexibility index (Phi) is 4.91. The fourth-order valence-electron chi connectivity index (χ4n) is 6.78. The number of imidazole rings is 1. The van der Waals surface area contributed by atoms with Crippen LogP contribution in [0.15, 0.2) is 42.7 Å². The average Bonchev–Trinajstić information content (AvgIpc) is 3.23. The van der Waals surface area contributed by atoms with Crippen LogP contribution in [0.5, 0.6) is 0 Å². The van der Waals surface area contributed by atoms with E-state index in [1.807, 2.05) is 23.9 Å². The number of hydrogen-bond acceptors (Lipinski definition) is 3. The first kappa shape index (κ1) is 20.3.